The number of aromatic nitrogens is 2. The molecule has 1 heterocycles. The van der Waals surface area contributed by atoms with E-state index in [4.69, 9.17) is 5.73 Å². The second kappa shape index (κ2) is 2.26. The third-order valence-electron chi connectivity index (χ3n) is 2.11. The van der Waals surface area contributed by atoms with Gasteiger partial charge >= 0.3 is 0 Å². The van der Waals surface area contributed by atoms with E-state index in [1.165, 1.54) is 12.8 Å². The summed E-state index contributed by atoms with van der Waals surface area (Å²) < 4.78 is 1.91. The largest absolute Gasteiger partial charge is 0.396 e. The Morgan fingerprint density at radius 1 is 1.73 bits per heavy atom. The molecule has 0 atom stereocenters. The number of aryl methyl sites for hydroxylation is 1. The maximum atomic E-state index is 5.77. The van der Waals surface area contributed by atoms with Crippen molar-refractivity contribution in [3.8, 4) is 0 Å². The number of nitrogen functional groups attached to an aromatic ring is 1. The fraction of sp³-hybridized carbons (Fsp3) is 0.625. The summed E-state index contributed by atoms with van der Waals surface area (Å²) in [5, 5.41) is 4.38. The van der Waals surface area contributed by atoms with E-state index in [0.29, 0.717) is 5.92 Å². The van der Waals surface area contributed by atoms with E-state index < -0.39 is 0 Å². The summed E-state index contributed by atoms with van der Waals surface area (Å²) in [4.78, 5) is 0. The van der Waals surface area contributed by atoms with Crippen molar-refractivity contribution >= 4 is 5.69 Å². The quantitative estimate of drug-likeness (QED) is 0.693. The molecule has 3 nitrogen and oxygen atoms in total. The van der Waals surface area contributed by atoms with Gasteiger partial charge in [0.05, 0.1) is 11.4 Å². The highest BCUT2D eigenvalue weighted by Gasteiger charge is 2.28. The minimum atomic E-state index is 0.669. The Labute approximate surface area is 66.2 Å². The predicted molar refractivity (Wildman–Crippen MR) is 44.3 cm³/mol. The maximum Gasteiger partial charge on any atom is 0.0884 e. The van der Waals surface area contributed by atoms with Gasteiger partial charge in [0.25, 0.3) is 0 Å². The van der Waals surface area contributed by atoms with Crippen molar-refractivity contribution in [3.63, 3.8) is 0 Å². The topological polar surface area (TPSA) is 43.8 Å². The first-order valence-corrected chi connectivity index (χ1v) is 4.14. The van der Waals surface area contributed by atoms with E-state index in [-0.39, 0.29) is 0 Å². The molecular formula is C8H13N3. The van der Waals surface area contributed by atoms with Crippen molar-refractivity contribution in [2.45, 2.75) is 32.2 Å². The summed E-state index contributed by atoms with van der Waals surface area (Å²) in [6.45, 7) is 2.99. The summed E-state index contributed by atoms with van der Waals surface area (Å²) in [5.74, 6) is 0.669. The molecule has 1 aliphatic rings. The lowest BCUT2D eigenvalue weighted by Gasteiger charge is -1.91. The smallest absolute Gasteiger partial charge is 0.0884 e. The van der Waals surface area contributed by atoms with Crippen molar-refractivity contribution in [1.82, 2.24) is 9.78 Å². The molecule has 0 bridgehead atoms. The van der Waals surface area contributed by atoms with E-state index in [1.54, 1.807) is 0 Å². The van der Waals surface area contributed by atoms with E-state index in [2.05, 4.69) is 12.0 Å². The van der Waals surface area contributed by atoms with Crippen molar-refractivity contribution in [3.05, 3.63) is 11.9 Å². The zero-order valence-electron chi connectivity index (χ0n) is 6.75. The Hall–Kier alpha value is -0.990. The average molecular weight is 151 g/mol. The van der Waals surface area contributed by atoms with Gasteiger partial charge in [-0.15, -0.1) is 0 Å². The number of nitrogens with zero attached hydrogens (tertiary/aromatic N) is 2. The van der Waals surface area contributed by atoms with Crippen LogP contribution in [-0.4, -0.2) is 9.78 Å². The molecule has 0 aromatic carbocycles. The van der Waals surface area contributed by atoms with Crippen LogP contribution in [0.4, 0.5) is 5.69 Å². The zero-order valence-corrected chi connectivity index (χ0v) is 6.75. The highest BCUT2D eigenvalue weighted by atomic mass is 15.3. The fourth-order valence-corrected chi connectivity index (χ4v) is 1.29. The predicted octanol–water partition coefficient (Wildman–Crippen LogP) is 1.36. The molecule has 0 radical (unpaired) electrons. The van der Waals surface area contributed by atoms with Crippen LogP contribution in [0, 0.1) is 0 Å². The summed E-state index contributed by atoms with van der Waals surface area (Å²) in [6.07, 6.45) is 4.46. The molecule has 2 N–H and O–H groups in total. The van der Waals surface area contributed by atoms with E-state index >= 15 is 0 Å². The molecular weight excluding hydrogens is 138 g/mol. The van der Waals surface area contributed by atoms with Crippen LogP contribution in [0.25, 0.3) is 0 Å². The number of anilines is 1. The first-order valence-electron chi connectivity index (χ1n) is 4.14. The van der Waals surface area contributed by atoms with Gasteiger partial charge in [-0.25, -0.2) is 0 Å². The average Bonchev–Trinajstić information content (AvgIpc) is 2.76. The molecule has 1 aliphatic carbocycles. The zero-order chi connectivity index (χ0) is 7.84. The van der Waals surface area contributed by atoms with Crippen molar-refractivity contribution < 1.29 is 0 Å². The van der Waals surface area contributed by atoms with Crippen LogP contribution < -0.4 is 5.73 Å². The van der Waals surface area contributed by atoms with Crippen LogP contribution in [0.1, 0.15) is 31.4 Å². The fourth-order valence-electron chi connectivity index (χ4n) is 1.29. The Morgan fingerprint density at radius 2 is 2.45 bits per heavy atom. The first kappa shape index (κ1) is 6.70. The van der Waals surface area contributed by atoms with Gasteiger partial charge in [0.1, 0.15) is 0 Å². The van der Waals surface area contributed by atoms with Crippen LogP contribution in [-0.2, 0) is 6.54 Å². The van der Waals surface area contributed by atoms with Crippen LogP contribution in [0.5, 0.6) is 0 Å². The van der Waals surface area contributed by atoms with Crippen molar-refractivity contribution in [2.24, 2.45) is 0 Å². The molecule has 1 fully saturated rings. The Balaban J connectivity index is 2.30. The van der Waals surface area contributed by atoms with Crippen LogP contribution in [0.2, 0.25) is 0 Å². The molecule has 1 aromatic heterocycles. The van der Waals surface area contributed by atoms with Gasteiger partial charge in [-0.3, -0.25) is 4.68 Å². The van der Waals surface area contributed by atoms with Gasteiger partial charge in [-0.2, -0.15) is 5.10 Å². The summed E-state index contributed by atoms with van der Waals surface area (Å²) in [6, 6.07) is 0. The Morgan fingerprint density at radius 3 is 2.91 bits per heavy atom. The van der Waals surface area contributed by atoms with E-state index in [0.717, 1.165) is 17.9 Å². The summed E-state index contributed by atoms with van der Waals surface area (Å²) >= 11 is 0. The highest BCUT2D eigenvalue weighted by Crippen LogP contribution is 2.41. The second-order valence-electron chi connectivity index (χ2n) is 3.10. The van der Waals surface area contributed by atoms with E-state index in [1.807, 2.05) is 10.9 Å². The lowest BCUT2D eigenvalue weighted by Crippen LogP contribution is -1.94. The molecule has 0 spiro atoms. The van der Waals surface area contributed by atoms with Gasteiger partial charge in [-0.1, -0.05) is 0 Å². The molecule has 60 valence electrons. The second-order valence-corrected chi connectivity index (χ2v) is 3.10. The summed E-state index contributed by atoms with van der Waals surface area (Å²) in [5.41, 5.74) is 7.76. The summed E-state index contributed by atoms with van der Waals surface area (Å²) in [7, 11) is 0. The molecule has 0 amide bonds. The molecule has 11 heavy (non-hydrogen) atoms. The van der Waals surface area contributed by atoms with Gasteiger partial charge < -0.3 is 5.73 Å². The minimum Gasteiger partial charge on any atom is -0.396 e. The number of hydrogen-bond donors (Lipinski definition) is 1. The Kier molecular flexibility index (Phi) is 1.37. The van der Waals surface area contributed by atoms with Crippen molar-refractivity contribution in [2.75, 3.05) is 5.73 Å². The molecule has 2 rings (SSSR count). The normalized spacial score (nSPS) is 17.2. The monoisotopic (exact) mass is 151 g/mol. The maximum absolute atomic E-state index is 5.77. The standard InChI is InChI=1S/C8H13N3/c1-2-11-5-7(9)8(10-11)6-3-4-6/h5-6H,2-4,9H2,1H3. The lowest BCUT2D eigenvalue weighted by atomic mass is 10.3. The number of rotatable bonds is 2. The lowest BCUT2D eigenvalue weighted by molar-refractivity contribution is 0.647. The Bertz CT molecular complexity index is 260. The first-order chi connectivity index (χ1) is 5.31. The molecule has 3 heteroatoms. The van der Waals surface area contributed by atoms with Crippen LogP contribution >= 0.6 is 0 Å². The van der Waals surface area contributed by atoms with Gasteiger partial charge in [-0.05, 0) is 19.8 Å². The van der Waals surface area contributed by atoms with Crippen LogP contribution in [0.3, 0.4) is 0 Å². The number of hydrogen-bond acceptors (Lipinski definition) is 2. The van der Waals surface area contributed by atoms with Gasteiger partial charge in [0.15, 0.2) is 0 Å². The SMILES string of the molecule is CCn1cc(N)c(C2CC2)n1. The van der Waals surface area contributed by atoms with Gasteiger partial charge in [0, 0.05) is 18.7 Å². The molecule has 0 unspecified atom stereocenters. The third-order valence-corrected chi connectivity index (χ3v) is 2.11. The third kappa shape index (κ3) is 1.11. The van der Waals surface area contributed by atoms with Crippen LogP contribution in [0.15, 0.2) is 6.20 Å². The van der Waals surface area contributed by atoms with Gasteiger partial charge in [0.2, 0.25) is 0 Å². The van der Waals surface area contributed by atoms with Crippen molar-refractivity contribution in [1.29, 1.82) is 0 Å². The number of nitrogens with two attached hydrogens (primary N) is 1. The van der Waals surface area contributed by atoms with E-state index in [9.17, 15) is 0 Å². The highest BCUT2D eigenvalue weighted by molar-refractivity contribution is 5.44. The molecule has 1 saturated carbocycles. The molecule has 0 aliphatic heterocycles. The molecule has 1 aromatic rings. The molecule has 0 saturated heterocycles. The minimum absolute atomic E-state index is 0.669.